The molecule has 2 rings (SSSR count). The number of H-pyrrole nitrogens is 1. The Hall–Kier alpha value is -1.43. The highest BCUT2D eigenvalue weighted by molar-refractivity contribution is 7.71. The van der Waals surface area contributed by atoms with Crippen LogP contribution in [0.3, 0.4) is 0 Å². The molecule has 0 bridgehead atoms. The molecule has 0 amide bonds. The molecule has 0 radical (unpaired) electrons. The van der Waals surface area contributed by atoms with Gasteiger partial charge < -0.3 is 4.42 Å². The van der Waals surface area contributed by atoms with E-state index in [1.54, 1.807) is 0 Å². The largest absolute Gasteiger partial charge is 0.408 e. The van der Waals surface area contributed by atoms with Gasteiger partial charge in [0.1, 0.15) is 5.69 Å². The molecule has 0 atom stereocenters. The fourth-order valence-electron chi connectivity index (χ4n) is 1.08. The van der Waals surface area contributed by atoms with Gasteiger partial charge in [-0.2, -0.15) is 5.10 Å². The summed E-state index contributed by atoms with van der Waals surface area (Å²) in [5, 5.41) is 10.7. The minimum atomic E-state index is 0.263. The van der Waals surface area contributed by atoms with Gasteiger partial charge in [0.15, 0.2) is 0 Å². The minimum absolute atomic E-state index is 0.263. The third-order valence-electron chi connectivity index (χ3n) is 1.79. The first-order valence-electron chi connectivity index (χ1n) is 4.28. The van der Waals surface area contributed by atoms with Crippen molar-refractivity contribution in [2.75, 3.05) is 0 Å². The van der Waals surface area contributed by atoms with Crippen molar-refractivity contribution in [3.63, 3.8) is 0 Å². The molecule has 74 valence electrons. The van der Waals surface area contributed by atoms with Gasteiger partial charge in [-0.3, -0.25) is 4.68 Å². The number of nitrogens with one attached hydrogen (secondary N) is 1. The highest BCUT2D eigenvalue weighted by atomic mass is 32.1. The molecule has 0 aliphatic carbocycles. The van der Waals surface area contributed by atoms with E-state index in [4.69, 9.17) is 16.6 Å². The van der Waals surface area contributed by atoms with Crippen LogP contribution in [0, 0.1) is 4.84 Å². The summed E-state index contributed by atoms with van der Waals surface area (Å²) in [4.78, 5) is 0.263. The van der Waals surface area contributed by atoms with E-state index in [-0.39, 0.29) is 4.84 Å². The zero-order chi connectivity index (χ0) is 10.1. The summed E-state index contributed by atoms with van der Waals surface area (Å²) in [5.41, 5.74) is 0.686. The highest BCUT2D eigenvalue weighted by Crippen LogP contribution is 2.15. The van der Waals surface area contributed by atoms with Crippen LogP contribution >= 0.6 is 12.2 Å². The van der Waals surface area contributed by atoms with Gasteiger partial charge in [0.2, 0.25) is 0 Å². The van der Waals surface area contributed by atoms with Crippen LogP contribution in [-0.2, 0) is 0 Å². The SMILES string of the molecule is CC(C)n1ccc(-c2n[nH]c(=S)o2)n1. The van der Waals surface area contributed by atoms with Gasteiger partial charge in [-0.05, 0) is 32.1 Å². The standard InChI is InChI=1S/C8H10N4OS/c1-5(2)12-4-3-6(11-12)7-9-10-8(14)13-7/h3-5H,1-2H3,(H,10,14). The van der Waals surface area contributed by atoms with Crippen LogP contribution in [0.15, 0.2) is 16.7 Å². The summed E-state index contributed by atoms with van der Waals surface area (Å²) in [5.74, 6) is 0.425. The number of aromatic amines is 1. The molecule has 0 aromatic carbocycles. The second-order valence-electron chi connectivity index (χ2n) is 3.19. The first kappa shape index (κ1) is 9.14. The van der Waals surface area contributed by atoms with Crippen molar-refractivity contribution in [1.82, 2.24) is 20.0 Å². The van der Waals surface area contributed by atoms with E-state index < -0.39 is 0 Å². The number of rotatable bonds is 2. The van der Waals surface area contributed by atoms with Gasteiger partial charge in [-0.25, -0.2) is 5.10 Å². The van der Waals surface area contributed by atoms with Crippen LogP contribution in [0.1, 0.15) is 19.9 Å². The summed E-state index contributed by atoms with van der Waals surface area (Å²) in [7, 11) is 0. The molecule has 0 aliphatic heterocycles. The maximum atomic E-state index is 5.13. The molecule has 2 aromatic heterocycles. The van der Waals surface area contributed by atoms with Crippen molar-refractivity contribution in [3.8, 4) is 11.6 Å². The minimum Gasteiger partial charge on any atom is -0.408 e. The van der Waals surface area contributed by atoms with Crippen molar-refractivity contribution >= 4 is 12.2 Å². The maximum Gasteiger partial charge on any atom is 0.284 e. The van der Waals surface area contributed by atoms with Crippen molar-refractivity contribution in [3.05, 3.63) is 17.1 Å². The van der Waals surface area contributed by atoms with Gasteiger partial charge in [0, 0.05) is 12.2 Å². The number of hydrogen-bond donors (Lipinski definition) is 1. The van der Waals surface area contributed by atoms with Gasteiger partial charge >= 0.3 is 0 Å². The first-order chi connectivity index (χ1) is 6.66. The lowest BCUT2D eigenvalue weighted by atomic mass is 10.4. The Kier molecular flexibility index (Phi) is 2.20. The van der Waals surface area contributed by atoms with Crippen LogP contribution in [0.2, 0.25) is 0 Å². The predicted molar refractivity (Wildman–Crippen MR) is 53.3 cm³/mol. The zero-order valence-corrected chi connectivity index (χ0v) is 8.71. The molecule has 6 heteroatoms. The van der Waals surface area contributed by atoms with Crippen LogP contribution in [0.25, 0.3) is 11.6 Å². The first-order valence-corrected chi connectivity index (χ1v) is 4.68. The average Bonchev–Trinajstić information content (AvgIpc) is 2.70. The van der Waals surface area contributed by atoms with Gasteiger partial charge in [0.25, 0.3) is 10.7 Å². The van der Waals surface area contributed by atoms with E-state index in [1.165, 1.54) is 0 Å². The van der Waals surface area contributed by atoms with Crippen LogP contribution in [0.4, 0.5) is 0 Å². The number of aromatic nitrogens is 4. The Morgan fingerprint density at radius 1 is 1.57 bits per heavy atom. The average molecular weight is 210 g/mol. The van der Waals surface area contributed by atoms with E-state index in [0.29, 0.717) is 17.6 Å². The third kappa shape index (κ3) is 1.60. The van der Waals surface area contributed by atoms with Crippen LogP contribution in [-0.4, -0.2) is 20.0 Å². The summed E-state index contributed by atoms with van der Waals surface area (Å²) < 4.78 is 6.97. The Morgan fingerprint density at radius 3 is 2.86 bits per heavy atom. The molecule has 0 spiro atoms. The fourth-order valence-corrected chi connectivity index (χ4v) is 1.20. The van der Waals surface area contributed by atoms with Crippen molar-refractivity contribution in [1.29, 1.82) is 0 Å². The highest BCUT2D eigenvalue weighted by Gasteiger charge is 2.08. The number of nitrogens with zero attached hydrogens (tertiary/aromatic N) is 3. The third-order valence-corrected chi connectivity index (χ3v) is 1.97. The fraction of sp³-hybridized carbons (Fsp3) is 0.375. The molecule has 0 saturated heterocycles. The maximum absolute atomic E-state index is 5.13. The van der Waals surface area contributed by atoms with E-state index in [9.17, 15) is 0 Å². The van der Waals surface area contributed by atoms with E-state index >= 15 is 0 Å². The molecule has 2 heterocycles. The molecule has 0 fully saturated rings. The summed E-state index contributed by atoms with van der Waals surface area (Å²) in [6.07, 6.45) is 1.88. The van der Waals surface area contributed by atoms with Crippen LogP contribution < -0.4 is 0 Å². The molecule has 5 nitrogen and oxygen atoms in total. The zero-order valence-electron chi connectivity index (χ0n) is 7.89. The molecule has 0 aliphatic rings. The smallest absolute Gasteiger partial charge is 0.284 e. The predicted octanol–water partition coefficient (Wildman–Crippen LogP) is 2.18. The molecule has 0 unspecified atom stereocenters. The lowest BCUT2D eigenvalue weighted by molar-refractivity contribution is 0.522. The van der Waals surface area contributed by atoms with Gasteiger partial charge in [-0.1, -0.05) is 0 Å². The molecule has 2 aromatic rings. The molecule has 1 N–H and O–H groups in total. The second kappa shape index (κ2) is 3.38. The summed E-state index contributed by atoms with van der Waals surface area (Å²) >= 11 is 4.77. The molecule has 0 saturated carbocycles. The van der Waals surface area contributed by atoms with Gasteiger partial charge in [0.05, 0.1) is 0 Å². The van der Waals surface area contributed by atoms with Gasteiger partial charge in [-0.15, -0.1) is 5.10 Å². The molecular formula is C8H10N4OS. The Labute approximate surface area is 85.8 Å². The number of hydrogen-bond acceptors (Lipinski definition) is 4. The van der Waals surface area contributed by atoms with E-state index in [0.717, 1.165) is 0 Å². The van der Waals surface area contributed by atoms with Crippen LogP contribution in [0.5, 0.6) is 0 Å². The Morgan fingerprint density at radius 2 is 2.36 bits per heavy atom. The van der Waals surface area contributed by atoms with E-state index in [1.807, 2.05) is 16.9 Å². The normalized spacial score (nSPS) is 11.1. The summed E-state index contributed by atoms with van der Waals surface area (Å²) in [6.45, 7) is 4.11. The monoisotopic (exact) mass is 210 g/mol. The second-order valence-corrected chi connectivity index (χ2v) is 3.56. The summed E-state index contributed by atoms with van der Waals surface area (Å²) in [6, 6.07) is 2.17. The Balaban J connectivity index is 2.38. The lowest BCUT2D eigenvalue weighted by Gasteiger charge is -2.02. The van der Waals surface area contributed by atoms with Crippen molar-refractivity contribution in [2.45, 2.75) is 19.9 Å². The lowest BCUT2D eigenvalue weighted by Crippen LogP contribution is -2.00. The van der Waals surface area contributed by atoms with Crippen molar-refractivity contribution < 1.29 is 4.42 Å². The van der Waals surface area contributed by atoms with Crippen molar-refractivity contribution in [2.24, 2.45) is 0 Å². The van der Waals surface area contributed by atoms with E-state index in [2.05, 4.69) is 29.1 Å². The molecule has 14 heavy (non-hydrogen) atoms. The quantitative estimate of drug-likeness (QED) is 0.772. The topological polar surface area (TPSA) is 59.6 Å². The Bertz CT molecular complexity index is 481. The molecular weight excluding hydrogens is 200 g/mol.